The summed E-state index contributed by atoms with van der Waals surface area (Å²) in [6.07, 6.45) is 0. The van der Waals surface area contributed by atoms with E-state index in [9.17, 15) is 0 Å². The van der Waals surface area contributed by atoms with Crippen LogP contribution in [0.3, 0.4) is 0 Å². The first-order chi connectivity index (χ1) is 9.54. The molecule has 0 radical (unpaired) electrons. The molecule has 3 nitrogen and oxygen atoms in total. The van der Waals surface area contributed by atoms with E-state index in [1.54, 1.807) is 4.52 Å². The first-order valence-corrected chi connectivity index (χ1v) is 7.73. The molecule has 0 aliphatic carbocycles. The fourth-order valence-electron chi connectivity index (χ4n) is 2.26. The average Bonchev–Trinajstić information content (AvgIpc) is 2.94. The standard InChI is InChI=1S/C13H6Cl3N3S/c14-13(15,16)11-17-12-19(18-11)10-8-4-2-1-3-7(8)5-6-9(10)20-12/h1-6H. The third-order valence-corrected chi connectivity index (χ3v) is 4.61. The maximum Gasteiger partial charge on any atom is 0.252 e. The summed E-state index contributed by atoms with van der Waals surface area (Å²) in [5.41, 5.74) is 0.996. The van der Waals surface area contributed by atoms with Crippen LogP contribution in [0.2, 0.25) is 0 Å². The number of aromatic nitrogens is 3. The van der Waals surface area contributed by atoms with E-state index >= 15 is 0 Å². The molecule has 2 aromatic heterocycles. The van der Waals surface area contributed by atoms with Crippen molar-refractivity contribution < 1.29 is 0 Å². The molecule has 0 spiro atoms. The van der Waals surface area contributed by atoms with E-state index in [1.807, 2.05) is 12.1 Å². The number of hydrogen-bond donors (Lipinski definition) is 0. The van der Waals surface area contributed by atoms with Gasteiger partial charge in [-0.25, -0.2) is 4.52 Å². The number of alkyl halides is 3. The van der Waals surface area contributed by atoms with Gasteiger partial charge in [0.05, 0.1) is 10.2 Å². The van der Waals surface area contributed by atoms with Crippen LogP contribution in [0.4, 0.5) is 0 Å². The van der Waals surface area contributed by atoms with Crippen LogP contribution in [0.25, 0.3) is 25.9 Å². The van der Waals surface area contributed by atoms with Crippen LogP contribution >= 0.6 is 46.1 Å². The second-order valence-electron chi connectivity index (χ2n) is 4.36. The maximum atomic E-state index is 5.85. The van der Waals surface area contributed by atoms with Crippen LogP contribution in [0.15, 0.2) is 36.4 Å². The highest BCUT2D eigenvalue weighted by atomic mass is 35.6. The van der Waals surface area contributed by atoms with Crippen LogP contribution in [0.1, 0.15) is 5.82 Å². The summed E-state index contributed by atoms with van der Waals surface area (Å²) in [7, 11) is 0. The fraction of sp³-hybridized carbons (Fsp3) is 0.0769. The van der Waals surface area contributed by atoms with Gasteiger partial charge in [0.2, 0.25) is 10.8 Å². The SMILES string of the molecule is ClC(Cl)(Cl)c1nc2sc3ccc4ccccc4c3n2n1. The predicted molar refractivity (Wildman–Crippen MR) is 85.1 cm³/mol. The van der Waals surface area contributed by atoms with Crippen LogP contribution < -0.4 is 0 Å². The van der Waals surface area contributed by atoms with Crippen molar-refractivity contribution in [3.05, 3.63) is 42.2 Å². The second-order valence-corrected chi connectivity index (χ2v) is 7.65. The van der Waals surface area contributed by atoms with Crippen molar-refractivity contribution in [1.29, 1.82) is 0 Å². The van der Waals surface area contributed by atoms with Crippen molar-refractivity contribution in [3.63, 3.8) is 0 Å². The molecule has 0 saturated heterocycles. The molecular weight excluding hydrogens is 337 g/mol. The molecule has 2 heterocycles. The lowest BCUT2D eigenvalue weighted by molar-refractivity contribution is 0.929. The molecule has 0 unspecified atom stereocenters. The minimum atomic E-state index is -1.61. The normalized spacial score (nSPS) is 12.8. The van der Waals surface area contributed by atoms with Gasteiger partial charge in [0, 0.05) is 5.39 Å². The molecular formula is C13H6Cl3N3S. The monoisotopic (exact) mass is 341 g/mol. The Hall–Kier alpha value is -1.07. The molecule has 0 N–H and O–H groups in total. The van der Waals surface area contributed by atoms with E-state index in [4.69, 9.17) is 34.8 Å². The predicted octanol–water partition coefficient (Wildman–Crippen LogP) is 4.92. The number of halogens is 3. The lowest BCUT2D eigenvalue weighted by Crippen LogP contribution is -2.03. The Morgan fingerprint density at radius 2 is 1.85 bits per heavy atom. The third kappa shape index (κ3) is 1.79. The van der Waals surface area contributed by atoms with Crippen molar-refractivity contribution in [2.24, 2.45) is 0 Å². The topological polar surface area (TPSA) is 30.2 Å². The van der Waals surface area contributed by atoms with Crippen LogP contribution in [-0.2, 0) is 3.79 Å². The number of hydrogen-bond acceptors (Lipinski definition) is 3. The maximum absolute atomic E-state index is 5.85. The van der Waals surface area contributed by atoms with Crippen molar-refractivity contribution in [2.75, 3.05) is 0 Å². The molecule has 0 atom stereocenters. The highest BCUT2D eigenvalue weighted by Crippen LogP contribution is 2.38. The molecule has 0 amide bonds. The fourth-order valence-corrected chi connectivity index (χ4v) is 3.48. The van der Waals surface area contributed by atoms with Gasteiger partial charge in [0.25, 0.3) is 3.79 Å². The second kappa shape index (κ2) is 4.21. The van der Waals surface area contributed by atoms with E-state index in [2.05, 4.69) is 34.3 Å². The van der Waals surface area contributed by atoms with Gasteiger partial charge in [-0.05, 0) is 11.5 Å². The molecule has 20 heavy (non-hydrogen) atoms. The van der Waals surface area contributed by atoms with Crippen molar-refractivity contribution >= 4 is 72.1 Å². The van der Waals surface area contributed by atoms with Gasteiger partial charge in [0.15, 0.2) is 0 Å². The van der Waals surface area contributed by atoms with Gasteiger partial charge in [-0.3, -0.25) is 0 Å². The molecule has 0 saturated carbocycles. The third-order valence-electron chi connectivity index (χ3n) is 3.11. The number of benzene rings is 2. The molecule has 4 aromatic rings. The minimum Gasteiger partial charge on any atom is -0.202 e. The van der Waals surface area contributed by atoms with E-state index in [1.165, 1.54) is 11.3 Å². The van der Waals surface area contributed by atoms with Gasteiger partial charge >= 0.3 is 0 Å². The molecule has 2 aromatic carbocycles. The highest BCUT2D eigenvalue weighted by molar-refractivity contribution is 7.23. The summed E-state index contributed by atoms with van der Waals surface area (Å²) in [5.74, 6) is 0.198. The highest BCUT2D eigenvalue weighted by Gasteiger charge is 2.29. The first kappa shape index (κ1) is 12.7. The Kier molecular flexibility index (Phi) is 2.67. The summed E-state index contributed by atoms with van der Waals surface area (Å²) in [6, 6.07) is 12.3. The summed E-state index contributed by atoms with van der Waals surface area (Å²) < 4.78 is 1.25. The van der Waals surface area contributed by atoms with Gasteiger partial charge in [-0.2, -0.15) is 4.98 Å². The van der Waals surface area contributed by atoms with Crippen molar-refractivity contribution in [1.82, 2.24) is 14.6 Å². The summed E-state index contributed by atoms with van der Waals surface area (Å²) in [5, 5.41) is 6.59. The smallest absolute Gasteiger partial charge is 0.202 e. The summed E-state index contributed by atoms with van der Waals surface area (Å²) in [6.45, 7) is 0. The zero-order valence-corrected chi connectivity index (χ0v) is 12.9. The Balaban J connectivity index is 2.17. The molecule has 7 heteroatoms. The van der Waals surface area contributed by atoms with Crippen LogP contribution in [0, 0.1) is 0 Å². The summed E-state index contributed by atoms with van der Waals surface area (Å²) >= 11 is 19.1. The van der Waals surface area contributed by atoms with E-state index in [0.717, 1.165) is 25.9 Å². The van der Waals surface area contributed by atoms with Crippen molar-refractivity contribution in [2.45, 2.75) is 3.79 Å². The van der Waals surface area contributed by atoms with E-state index in [-0.39, 0.29) is 5.82 Å². The van der Waals surface area contributed by atoms with E-state index < -0.39 is 3.79 Å². The average molecular weight is 343 g/mol. The minimum absolute atomic E-state index is 0.198. The Morgan fingerprint density at radius 3 is 2.65 bits per heavy atom. The number of fused-ring (bicyclic) bond motifs is 5. The largest absolute Gasteiger partial charge is 0.252 e. The Labute approximate surface area is 132 Å². The number of nitrogens with zero attached hydrogens (tertiary/aromatic N) is 3. The van der Waals surface area contributed by atoms with Gasteiger partial charge in [-0.1, -0.05) is 76.5 Å². The molecule has 4 rings (SSSR count). The van der Waals surface area contributed by atoms with Gasteiger partial charge in [0.1, 0.15) is 0 Å². The first-order valence-electron chi connectivity index (χ1n) is 5.78. The number of rotatable bonds is 0. The molecule has 0 aliphatic heterocycles. The molecule has 0 aliphatic rings. The lowest BCUT2D eigenvalue weighted by atomic mass is 10.1. The Bertz CT molecular complexity index is 952. The van der Waals surface area contributed by atoms with Gasteiger partial charge < -0.3 is 0 Å². The van der Waals surface area contributed by atoms with Gasteiger partial charge in [-0.15, -0.1) is 5.10 Å². The van der Waals surface area contributed by atoms with Crippen LogP contribution in [-0.4, -0.2) is 14.6 Å². The van der Waals surface area contributed by atoms with Crippen LogP contribution in [0.5, 0.6) is 0 Å². The molecule has 100 valence electrons. The van der Waals surface area contributed by atoms with E-state index in [0.29, 0.717) is 0 Å². The quantitative estimate of drug-likeness (QED) is 0.424. The lowest BCUT2D eigenvalue weighted by Gasteiger charge is -2.03. The number of thiazole rings is 1. The summed E-state index contributed by atoms with van der Waals surface area (Å²) in [4.78, 5) is 5.02. The molecule has 0 bridgehead atoms. The molecule has 0 fully saturated rings. The Morgan fingerprint density at radius 1 is 1.05 bits per heavy atom. The zero-order chi connectivity index (χ0) is 13.9. The zero-order valence-electron chi connectivity index (χ0n) is 9.85. The van der Waals surface area contributed by atoms with Crippen molar-refractivity contribution in [3.8, 4) is 0 Å².